The van der Waals surface area contributed by atoms with Crippen molar-refractivity contribution in [3.8, 4) is 23.1 Å². The Balaban J connectivity index is 0.000000949. The van der Waals surface area contributed by atoms with E-state index in [0.29, 0.717) is 30.1 Å². The van der Waals surface area contributed by atoms with Gasteiger partial charge in [-0.1, -0.05) is 105 Å². The summed E-state index contributed by atoms with van der Waals surface area (Å²) in [5.41, 5.74) is 12.9. The summed E-state index contributed by atoms with van der Waals surface area (Å²) in [6.45, 7) is 50.2. The van der Waals surface area contributed by atoms with Gasteiger partial charge in [0.2, 0.25) is 5.91 Å². The molecule has 2 aromatic heterocycles. The van der Waals surface area contributed by atoms with Gasteiger partial charge in [-0.05, 0) is 194 Å². The molecule has 1 fully saturated rings. The van der Waals surface area contributed by atoms with Gasteiger partial charge in [-0.25, -0.2) is 0 Å². The van der Waals surface area contributed by atoms with Gasteiger partial charge in [0.05, 0.1) is 16.9 Å². The Kier molecular flexibility index (Phi) is 30.0. The first-order valence-electron chi connectivity index (χ1n) is 26.6. The molecule has 0 spiro atoms. The zero-order valence-electron chi connectivity index (χ0n) is 48.1. The van der Waals surface area contributed by atoms with E-state index >= 15 is 0 Å². The Morgan fingerprint density at radius 1 is 1.04 bits per heavy atom. The molecule has 4 rings (SSSR count). The van der Waals surface area contributed by atoms with Crippen molar-refractivity contribution in [2.75, 3.05) is 40.8 Å². The van der Waals surface area contributed by atoms with Crippen molar-refractivity contribution in [2.45, 2.75) is 172 Å². The molecule has 1 amide bonds. The molecule has 0 bridgehead atoms. The second-order valence-corrected chi connectivity index (χ2v) is 22.3. The highest BCUT2D eigenvalue weighted by Gasteiger charge is 2.30. The number of amides is 1. The van der Waals surface area contributed by atoms with E-state index in [1.165, 1.54) is 56.5 Å². The van der Waals surface area contributed by atoms with Gasteiger partial charge in [0.1, 0.15) is 0 Å². The van der Waals surface area contributed by atoms with Crippen molar-refractivity contribution in [2.24, 2.45) is 29.0 Å². The Morgan fingerprint density at radius 3 is 2.25 bits per heavy atom. The molecule has 9 heteroatoms. The van der Waals surface area contributed by atoms with Crippen LogP contribution < -0.4 is 16.6 Å². The molecule has 4 unspecified atom stereocenters. The number of rotatable bonds is 24. The van der Waals surface area contributed by atoms with E-state index in [0.717, 1.165) is 69.6 Å². The molecule has 3 aromatic rings. The highest BCUT2D eigenvalue weighted by Crippen LogP contribution is 2.42. The summed E-state index contributed by atoms with van der Waals surface area (Å²) in [4.78, 5) is 23.1. The second-order valence-electron chi connectivity index (χ2n) is 21.3. The molecule has 8 nitrogen and oxygen atoms in total. The highest BCUT2D eigenvalue weighted by molar-refractivity contribution is 8.05. The predicted molar refractivity (Wildman–Crippen MR) is 316 cm³/mol. The number of pyridine rings is 1. The van der Waals surface area contributed by atoms with Crippen molar-refractivity contribution in [3.63, 3.8) is 0 Å². The maximum atomic E-state index is 12.7. The van der Waals surface area contributed by atoms with E-state index < -0.39 is 0 Å². The number of fused-ring (bicyclic) bond motifs is 1. The number of hydrazine groups is 1. The fourth-order valence-electron chi connectivity index (χ4n) is 8.42. The van der Waals surface area contributed by atoms with Crippen molar-refractivity contribution >= 4 is 34.1 Å². The third kappa shape index (κ3) is 21.8. The van der Waals surface area contributed by atoms with Crippen LogP contribution in [0.15, 0.2) is 90.9 Å². The van der Waals surface area contributed by atoms with E-state index in [9.17, 15) is 4.79 Å². The van der Waals surface area contributed by atoms with Crippen LogP contribution in [-0.4, -0.2) is 77.6 Å². The average molecular weight is 993 g/mol. The van der Waals surface area contributed by atoms with Crippen LogP contribution in [0.4, 0.5) is 0 Å². The number of hydrogen-bond acceptors (Lipinski definition) is 7. The van der Waals surface area contributed by atoms with Gasteiger partial charge >= 0.3 is 0 Å². The van der Waals surface area contributed by atoms with Gasteiger partial charge in [-0.3, -0.25) is 25.9 Å². The lowest BCUT2D eigenvalue weighted by atomic mass is 9.80. The zero-order valence-corrected chi connectivity index (χ0v) is 48.9. The van der Waals surface area contributed by atoms with Crippen LogP contribution in [0.2, 0.25) is 0 Å². The Morgan fingerprint density at radius 2 is 1.70 bits per heavy atom. The maximum absolute atomic E-state index is 12.7. The third-order valence-corrected chi connectivity index (χ3v) is 14.9. The molecule has 71 heavy (non-hydrogen) atoms. The van der Waals surface area contributed by atoms with Gasteiger partial charge in [0.25, 0.3) is 0 Å². The highest BCUT2D eigenvalue weighted by atomic mass is 32.2. The number of benzene rings is 1. The number of nitrogens with one attached hydrogen (secondary N) is 2. The molecular weight excluding hydrogens is 891 g/mol. The number of carbonyl (C=O) groups is 1. The fourth-order valence-corrected chi connectivity index (χ4v) is 9.25. The van der Waals surface area contributed by atoms with Crippen molar-refractivity contribution in [1.82, 2.24) is 30.1 Å². The lowest BCUT2D eigenvalue weighted by Gasteiger charge is -2.40. The Hall–Kier alpha value is -4.17. The first-order chi connectivity index (χ1) is 33.5. The minimum absolute atomic E-state index is 0.0474. The molecule has 0 saturated carbocycles. The number of likely N-dealkylation sites (tertiary alicyclic amines) is 1. The van der Waals surface area contributed by atoms with E-state index in [2.05, 4.69) is 189 Å². The molecule has 0 radical (unpaired) electrons. The summed E-state index contributed by atoms with van der Waals surface area (Å²) in [7, 11) is 6.16. The molecule has 1 aliphatic rings. The van der Waals surface area contributed by atoms with E-state index in [1.807, 2.05) is 40.2 Å². The van der Waals surface area contributed by atoms with Gasteiger partial charge in [0.15, 0.2) is 0 Å². The molecular formula is C62H101N7OS. The molecule has 4 atom stereocenters. The van der Waals surface area contributed by atoms with Crippen LogP contribution in [0.1, 0.15) is 165 Å². The molecule has 0 aliphatic carbocycles. The molecule has 3 heterocycles. The standard InChI is InChI=1S/C43H62N4OS.C9H15N.C8H18N2.C2H6/c1-12-15-20-43(9,10)25-38-37-24-34(18-19-39(37)47(14-3)42(38)36-17-16-21-44-41(36)29(4)13-2)31(6)28-49-33(8)23-32(7)45-40(48)22-30(5)35-26-46(11)27-35;1-6-7-8-9(2,3)10(4)5;1-7(2)8(3)5-4-6-10-9;1-2/h12,16-19,21,24,28-30,32,35H,1,8,13-15,20,22-23,25-27H2,2-7,9-11H3,(H,45,48);6H,1H2,2-5H3;8,10H,1,4-6,9H2,2-3H3;1-2H3/b31-28+;;;. The molecule has 4 N–H and O–H groups in total. The number of aromatic nitrogens is 2. The largest absolute Gasteiger partial charge is 0.353 e. The van der Waals surface area contributed by atoms with E-state index in [-0.39, 0.29) is 22.9 Å². The summed E-state index contributed by atoms with van der Waals surface area (Å²) in [6.07, 6.45) is 13.4. The van der Waals surface area contributed by atoms with E-state index in [1.54, 1.807) is 17.8 Å². The fraction of sp³-hybridized carbons (Fsp3) is 0.581. The molecule has 1 aromatic carbocycles. The Labute approximate surface area is 439 Å². The van der Waals surface area contributed by atoms with Gasteiger partial charge in [-0.2, -0.15) is 0 Å². The second kappa shape index (κ2) is 32.8. The van der Waals surface area contributed by atoms with Crippen LogP contribution in [0, 0.1) is 35.0 Å². The number of thioether (sulfide) groups is 1. The summed E-state index contributed by atoms with van der Waals surface area (Å²) in [5, 5.41) is 6.77. The number of nitrogens with zero attached hydrogens (tertiary/aromatic N) is 4. The SMILES string of the molecule is C=C(C)C(C)CCCNN.C=CC#CC(C)(C)N(C)C.C=CCCC(C)(C)Cc1c(-c2cccnc2C(C)CC)n(CC)c2ccc(/C(C)=C/SC(=C)CC(C)NC(=O)CC(C)C3CN(C)C3)cc12.CC. The number of nitrogens with two attached hydrogens (primary N) is 1. The summed E-state index contributed by atoms with van der Waals surface area (Å²) in [5.74, 6) is 13.2. The first kappa shape index (κ1) is 64.8. The molecule has 396 valence electrons. The van der Waals surface area contributed by atoms with Crippen LogP contribution in [-0.2, 0) is 17.8 Å². The lowest BCUT2D eigenvalue weighted by molar-refractivity contribution is -0.123. The summed E-state index contributed by atoms with van der Waals surface area (Å²) in [6, 6.07) is 11.4. The van der Waals surface area contributed by atoms with Crippen molar-refractivity contribution < 1.29 is 4.79 Å². The van der Waals surface area contributed by atoms with Crippen LogP contribution in [0.5, 0.6) is 0 Å². The number of aryl methyl sites for hydroxylation is 1. The molecule has 1 saturated heterocycles. The van der Waals surface area contributed by atoms with Crippen molar-refractivity contribution in [1.29, 1.82) is 0 Å². The maximum Gasteiger partial charge on any atom is 0.220 e. The van der Waals surface area contributed by atoms with Crippen molar-refractivity contribution in [3.05, 3.63) is 108 Å². The monoisotopic (exact) mass is 992 g/mol. The number of allylic oxidation sites excluding steroid dienone is 4. The van der Waals surface area contributed by atoms with Gasteiger partial charge < -0.3 is 14.8 Å². The van der Waals surface area contributed by atoms with E-state index in [4.69, 9.17) is 10.8 Å². The van der Waals surface area contributed by atoms with Gasteiger partial charge in [0, 0.05) is 61.3 Å². The summed E-state index contributed by atoms with van der Waals surface area (Å²) >= 11 is 1.68. The predicted octanol–water partition coefficient (Wildman–Crippen LogP) is 14.8. The van der Waals surface area contributed by atoms with Crippen LogP contribution in [0.3, 0.4) is 0 Å². The van der Waals surface area contributed by atoms with Gasteiger partial charge in [-0.15, -0.1) is 18.3 Å². The average Bonchev–Trinajstić information content (AvgIpc) is 3.62. The summed E-state index contributed by atoms with van der Waals surface area (Å²) < 4.78 is 2.51. The lowest BCUT2D eigenvalue weighted by Crippen LogP contribution is -2.47. The number of carbonyl (C=O) groups excluding carboxylic acids is 1. The minimum Gasteiger partial charge on any atom is -0.353 e. The van der Waals surface area contributed by atoms with Crippen LogP contribution in [0.25, 0.3) is 27.7 Å². The number of hydrogen-bond donors (Lipinski definition) is 3. The first-order valence-corrected chi connectivity index (χ1v) is 27.5. The topological polar surface area (TPSA) is 91.5 Å². The Bertz CT molecular complexity index is 2210. The minimum atomic E-state index is -0.0474. The zero-order chi connectivity index (χ0) is 54.1. The smallest absolute Gasteiger partial charge is 0.220 e. The third-order valence-electron chi connectivity index (χ3n) is 13.9. The quantitative estimate of drug-likeness (QED) is 0.0271. The normalized spacial score (nSPS) is 14.7. The van der Waals surface area contributed by atoms with Crippen LogP contribution >= 0.6 is 11.8 Å². The molecule has 1 aliphatic heterocycles.